The van der Waals surface area contributed by atoms with Crippen molar-refractivity contribution in [2.24, 2.45) is 5.92 Å². The number of nitrogens with zero attached hydrogens (tertiary/aromatic N) is 2. The van der Waals surface area contributed by atoms with Crippen LogP contribution < -0.4 is 10.6 Å². The van der Waals surface area contributed by atoms with E-state index in [-0.39, 0.29) is 11.9 Å². The summed E-state index contributed by atoms with van der Waals surface area (Å²) < 4.78 is 0. The summed E-state index contributed by atoms with van der Waals surface area (Å²) in [5.74, 6) is 0.501. The van der Waals surface area contributed by atoms with E-state index in [0.29, 0.717) is 24.6 Å². The van der Waals surface area contributed by atoms with Gasteiger partial charge < -0.3 is 15.5 Å². The van der Waals surface area contributed by atoms with E-state index in [4.69, 9.17) is 0 Å². The molecule has 0 unspecified atom stereocenters. The second kappa shape index (κ2) is 9.88. The van der Waals surface area contributed by atoms with Gasteiger partial charge in [-0.25, -0.2) is 4.79 Å². The van der Waals surface area contributed by atoms with Crippen LogP contribution in [0.15, 0.2) is 48.8 Å². The van der Waals surface area contributed by atoms with Gasteiger partial charge in [0.05, 0.1) is 0 Å². The summed E-state index contributed by atoms with van der Waals surface area (Å²) >= 11 is 0. The molecule has 3 rings (SSSR count). The molecule has 1 aliphatic heterocycles. The van der Waals surface area contributed by atoms with Crippen LogP contribution in [0.4, 0.5) is 4.79 Å². The number of urea groups is 1. The van der Waals surface area contributed by atoms with Crippen molar-refractivity contribution in [3.05, 3.63) is 65.5 Å². The molecule has 1 aliphatic rings. The topological polar surface area (TPSA) is 74.3 Å². The Labute approximate surface area is 166 Å². The standard InChI is InChI=1S/C22H28N4O2/c1-2-24-22(28)26-12-9-18(10-13-26)14-17-5-7-20(8-6-17)21(27)25-16-19-4-3-11-23-15-19/h3-8,11,15,18H,2,9-10,12-14,16H2,1H3,(H,24,28)(H,25,27). The number of hydrogen-bond acceptors (Lipinski definition) is 3. The maximum atomic E-state index is 12.3. The number of carbonyl (C=O) groups excluding carboxylic acids is 2. The van der Waals surface area contributed by atoms with Gasteiger partial charge in [-0.1, -0.05) is 18.2 Å². The van der Waals surface area contributed by atoms with Crippen molar-refractivity contribution in [3.63, 3.8) is 0 Å². The van der Waals surface area contributed by atoms with Crippen LogP contribution in [0.25, 0.3) is 0 Å². The first-order valence-electron chi connectivity index (χ1n) is 9.94. The van der Waals surface area contributed by atoms with Crippen molar-refractivity contribution in [1.82, 2.24) is 20.5 Å². The smallest absolute Gasteiger partial charge is 0.317 e. The highest BCUT2D eigenvalue weighted by molar-refractivity contribution is 5.94. The maximum absolute atomic E-state index is 12.3. The number of nitrogens with one attached hydrogen (secondary N) is 2. The third-order valence-corrected chi connectivity index (χ3v) is 5.15. The predicted octanol–water partition coefficient (Wildman–Crippen LogP) is 3.00. The van der Waals surface area contributed by atoms with E-state index in [1.54, 1.807) is 12.4 Å². The average molecular weight is 380 g/mol. The number of amides is 3. The lowest BCUT2D eigenvalue weighted by molar-refractivity contribution is 0.0951. The Balaban J connectivity index is 1.45. The molecule has 0 bridgehead atoms. The van der Waals surface area contributed by atoms with Gasteiger partial charge in [0.2, 0.25) is 0 Å². The summed E-state index contributed by atoms with van der Waals surface area (Å²) in [6.45, 7) is 4.70. The summed E-state index contributed by atoms with van der Waals surface area (Å²) in [4.78, 5) is 30.1. The van der Waals surface area contributed by atoms with Gasteiger partial charge in [0.1, 0.15) is 0 Å². The number of rotatable bonds is 6. The third kappa shape index (κ3) is 5.55. The minimum Gasteiger partial charge on any atom is -0.348 e. The van der Waals surface area contributed by atoms with Crippen molar-refractivity contribution in [2.75, 3.05) is 19.6 Å². The Morgan fingerprint density at radius 1 is 1.07 bits per heavy atom. The molecule has 0 atom stereocenters. The second-order valence-corrected chi connectivity index (χ2v) is 7.21. The lowest BCUT2D eigenvalue weighted by atomic mass is 9.90. The summed E-state index contributed by atoms with van der Waals surface area (Å²) in [7, 11) is 0. The molecule has 1 fully saturated rings. The van der Waals surface area contributed by atoms with Gasteiger partial charge in [-0.15, -0.1) is 0 Å². The van der Waals surface area contributed by atoms with Gasteiger partial charge in [-0.05, 0) is 61.4 Å². The minimum atomic E-state index is -0.0781. The van der Waals surface area contributed by atoms with Gasteiger partial charge in [-0.3, -0.25) is 9.78 Å². The van der Waals surface area contributed by atoms with Gasteiger partial charge in [0, 0.05) is 44.1 Å². The molecule has 0 radical (unpaired) electrons. The molecule has 28 heavy (non-hydrogen) atoms. The van der Waals surface area contributed by atoms with Crippen LogP contribution in [0.2, 0.25) is 0 Å². The van der Waals surface area contributed by atoms with Gasteiger partial charge in [-0.2, -0.15) is 0 Å². The molecule has 0 saturated carbocycles. The Morgan fingerprint density at radius 2 is 1.82 bits per heavy atom. The Morgan fingerprint density at radius 3 is 2.46 bits per heavy atom. The van der Waals surface area contributed by atoms with Crippen LogP contribution >= 0.6 is 0 Å². The first kappa shape index (κ1) is 19.9. The van der Waals surface area contributed by atoms with Crippen LogP contribution in [-0.4, -0.2) is 41.5 Å². The number of aromatic nitrogens is 1. The SMILES string of the molecule is CCNC(=O)N1CCC(Cc2ccc(C(=O)NCc3cccnc3)cc2)CC1. The normalized spacial score (nSPS) is 14.5. The van der Waals surface area contributed by atoms with Crippen molar-refractivity contribution >= 4 is 11.9 Å². The van der Waals surface area contributed by atoms with Crippen molar-refractivity contribution in [1.29, 1.82) is 0 Å². The van der Waals surface area contributed by atoms with E-state index in [1.165, 1.54) is 5.56 Å². The summed E-state index contributed by atoms with van der Waals surface area (Å²) in [5, 5.41) is 5.78. The van der Waals surface area contributed by atoms with Crippen molar-refractivity contribution < 1.29 is 9.59 Å². The molecule has 148 valence electrons. The molecule has 0 spiro atoms. The minimum absolute atomic E-state index is 0.0441. The van der Waals surface area contributed by atoms with Gasteiger partial charge >= 0.3 is 6.03 Å². The zero-order valence-electron chi connectivity index (χ0n) is 16.4. The van der Waals surface area contributed by atoms with E-state index >= 15 is 0 Å². The highest BCUT2D eigenvalue weighted by Gasteiger charge is 2.22. The molecular weight excluding hydrogens is 352 g/mol. The van der Waals surface area contributed by atoms with E-state index in [1.807, 2.05) is 48.2 Å². The highest BCUT2D eigenvalue weighted by Crippen LogP contribution is 2.22. The number of likely N-dealkylation sites (tertiary alicyclic amines) is 1. The molecule has 1 saturated heterocycles. The number of carbonyl (C=O) groups is 2. The molecule has 0 aliphatic carbocycles. The summed E-state index contributed by atoms with van der Waals surface area (Å²) in [6.07, 6.45) is 6.49. The monoisotopic (exact) mass is 380 g/mol. The Bertz CT molecular complexity index is 769. The largest absolute Gasteiger partial charge is 0.348 e. The number of pyridine rings is 1. The highest BCUT2D eigenvalue weighted by atomic mass is 16.2. The fourth-order valence-electron chi connectivity index (χ4n) is 3.52. The molecule has 6 nitrogen and oxygen atoms in total. The number of piperidine rings is 1. The average Bonchev–Trinajstić information content (AvgIpc) is 2.74. The fourth-order valence-corrected chi connectivity index (χ4v) is 3.52. The van der Waals surface area contributed by atoms with E-state index in [9.17, 15) is 9.59 Å². The van der Waals surface area contributed by atoms with Crippen LogP contribution in [0.5, 0.6) is 0 Å². The predicted molar refractivity (Wildman–Crippen MR) is 109 cm³/mol. The molecule has 2 aromatic rings. The number of hydrogen-bond donors (Lipinski definition) is 2. The van der Waals surface area contributed by atoms with E-state index in [0.717, 1.165) is 37.9 Å². The van der Waals surface area contributed by atoms with Crippen molar-refractivity contribution in [2.45, 2.75) is 32.7 Å². The summed E-state index contributed by atoms with van der Waals surface area (Å²) in [5.41, 5.74) is 2.88. The van der Waals surface area contributed by atoms with Crippen LogP contribution in [-0.2, 0) is 13.0 Å². The molecule has 3 amide bonds. The Hall–Kier alpha value is -2.89. The second-order valence-electron chi connectivity index (χ2n) is 7.21. The zero-order chi connectivity index (χ0) is 19.8. The molecule has 2 N–H and O–H groups in total. The molecule has 1 aromatic carbocycles. The first-order chi connectivity index (χ1) is 13.7. The lowest BCUT2D eigenvalue weighted by Gasteiger charge is -2.32. The van der Waals surface area contributed by atoms with Crippen molar-refractivity contribution in [3.8, 4) is 0 Å². The first-order valence-corrected chi connectivity index (χ1v) is 9.94. The Kier molecular flexibility index (Phi) is 7.00. The number of benzene rings is 1. The van der Waals surface area contributed by atoms with Crippen LogP contribution in [0, 0.1) is 5.92 Å². The quantitative estimate of drug-likeness (QED) is 0.809. The molecular formula is C22H28N4O2. The van der Waals surface area contributed by atoms with Crippen LogP contribution in [0.1, 0.15) is 41.3 Å². The maximum Gasteiger partial charge on any atom is 0.317 e. The van der Waals surface area contributed by atoms with Crippen LogP contribution in [0.3, 0.4) is 0 Å². The van der Waals surface area contributed by atoms with E-state index in [2.05, 4.69) is 15.6 Å². The molecule has 6 heteroatoms. The third-order valence-electron chi connectivity index (χ3n) is 5.15. The molecule has 2 heterocycles. The lowest BCUT2D eigenvalue weighted by Crippen LogP contribution is -2.44. The van der Waals surface area contributed by atoms with Gasteiger partial charge in [0.25, 0.3) is 5.91 Å². The zero-order valence-corrected chi connectivity index (χ0v) is 16.4. The molecule has 1 aromatic heterocycles. The fraction of sp³-hybridized carbons (Fsp3) is 0.409. The van der Waals surface area contributed by atoms with Gasteiger partial charge in [0.15, 0.2) is 0 Å². The summed E-state index contributed by atoms with van der Waals surface area (Å²) in [6, 6.07) is 11.7. The van der Waals surface area contributed by atoms with E-state index < -0.39 is 0 Å².